The molecule has 0 fully saturated rings. The van der Waals surface area contributed by atoms with Crippen molar-refractivity contribution in [3.63, 3.8) is 0 Å². The molecule has 0 radical (unpaired) electrons. The summed E-state index contributed by atoms with van der Waals surface area (Å²) in [5, 5.41) is 7.64. The molecule has 18 heavy (non-hydrogen) atoms. The van der Waals surface area contributed by atoms with Gasteiger partial charge in [-0.25, -0.2) is 0 Å². The molecule has 0 amide bonds. The molecule has 1 aliphatic heterocycles. The number of hydrogen-bond acceptors (Lipinski definition) is 6. The summed E-state index contributed by atoms with van der Waals surface area (Å²) in [6.07, 6.45) is 0.889. The van der Waals surface area contributed by atoms with Gasteiger partial charge in [0, 0.05) is 12.0 Å². The first-order chi connectivity index (χ1) is 8.83. The third-order valence-corrected chi connectivity index (χ3v) is 4.54. The monoisotopic (exact) mass is 278 g/mol. The predicted octanol–water partition coefficient (Wildman–Crippen LogP) is 2.45. The van der Waals surface area contributed by atoms with Crippen molar-refractivity contribution in [3.05, 3.63) is 34.8 Å². The van der Waals surface area contributed by atoms with Gasteiger partial charge in [0.25, 0.3) is 0 Å². The van der Waals surface area contributed by atoms with E-state index in [0.717, 1.165) is 27.6 Å². The Morgan fingerprint density at radius 1 is 1.50 bits per heavy atom. The largest absolute Gasteiger partial charge is 0.493 e. The van der Waals surface area contributed by atoms with Gasteiger partial charge in [-0.15, -0.1) is 10.2 Å². The highest BCUT2D eigenvalue weighted by molar-refractivity contribution is 8.01. The lowest BCUT2D eigenvalue weighted by Crippen LogP contribution is -2.02. The maximum atomic E-state index is 12.0. The van der Waals surface area contributed by atoms with Crippen LogP contribution < -0.4 is 4.74 Å². The van der Waals surface area contributed by atoms with E-state index < -0.39 is 0 Å². The van der Waals surface area contributed by atoms with Gasteiger partial charge in [-0.05, 0) is 23.8 Å². The number of Topliss-reactive ketones (excluding diaryl/α,β-unsaturated/α-hetero) is 1. The van der Waals surface area contributed by atoms with Gasteiger partial charge in [0.1, 0.15) is 11.3 Å². The van der Waals surface area contributed by atoms with Crippen LogP contribution in [-0.4, -0.2) is 28.3 Å². The number of thioether (sulfide) groups is 1. The molecular weight excluding hydrogens is 268 g/mol. The number of ketones is 1. The highest BCUT2D eigenvalue weighted by Crippen LogP contribution is 2.27. The Labute approximate surface area is 112 Å². The van der Waals surface area contributed by atoms with Crippen molar-refractivity contribution in [1.82, 2.24) is 10.2 Å². The molecule has 0 aliphatic carbocycles. The van der Waals surface area contributed by atoms with Crippen LogP contribution in [0.2, 0.25) is 0 Å². The molecule has 0 unspecified atom stereocenters. The molecule has 0 spiro atoms. The minimum Gasteiger partial charge on any atom is -0.493 e. The van der Waals surface area contributed by atoms with Crippen LogP contribution in [0.1, 0.15) is 15.9 Å². The van der Waals surface area contributed by atoms with E-state index >= 15 is 0 Å². The lowest BCUT2D eigenvalue weighted by atomic mass is 10.1. The molecular formula is C12H10N2O2S2. The normalized spacial score (nSPS) is 13.1. The number of aromatic nitrogens is 2. The van der Waals surface area contributed by atoms with E-state index in [4.69, 9.17) is 4.74 Å². The Hall–Kier alpha value is -1.40. The van der Waals surface area contributed by atoms with Crippen molar-refractivity contribution in [3.8, 4) is 5.75 Å². The van der Waals surface area contributed by atoms with Gasteiger partial charge in [0.15, 0.2) is 10.1 Å². The summed E-state index contributed by atoms with van der Waals surface area (Å²) in [4.78, 5) is 12.0. The van der Waals surface area contributed by atoms with E-state index in [9.17, 15) is 4.79 Å². The lowest BCUT2D eigenvalue weighted by molar-refractivity contribution is 0.102. The number of carbonyl (C=O) groups is 1. The maximum Gasteiger partial charge on any atom is 0.174 e. The van der Waals surface area contributed by atoms with Gasteiger partial charge in [-0.3, -0.25) is 4.79 Å². The second-order valence-electron chi connectivity index (χ2n) is 3.84. The zero-order valence-corrected chi connectivity index (χ0v) is 11.1. The van der Waals surface area contributed by atoms with Gasteiger partial charge < -0.3 is 4.74 Å². The molecule has 1 aromatic heterocycles. The Balaban J connectivity index is 1.69. The van der Waals surface area contributed by atoms with E-state index in [1.807, 2.05) is 18.2 Å². The van der Waals surface area contributed by atoms with Crippen LogP contribution in [0.25, 0.3) is 0 Å². The summed E-state index contributed by atoms with van der Waals surface area (Å²) in [7, 11) is 0. The fourth-order valence-corrected chi connectivity index (χ4v) is 3.18. The van der Waals surface area contributed by atoms with Gasteiger partial charge in [-0.1, -0.05) is 23.1 Å². The number of nitrogens with zero attached hydrogens (tertiary/aromatic N) is 2. The van der Waals surface area contributed by atoms with Crippen molar-refractivity contribution in [2.75, 3.05) is 12.4 Å². The predicted molar refractivity (Wildman–Crippen MR) is 70.6 cm³/mol. The first-order valence-electron chi connectivity index (χ1n) is 5.51. The molecule has 0 saturated carbocycles. The van der Waals surface area contributed by atoms with Crippen LogP contribution in [0.5, 0.6) is 5.75 Å². The van der Waals surface area contributed by atoms with E-state index in [1.54, 1.807) is 5.51 Å². The number of fused-ring (bicyclic) bond motifs is 1. The van der Waals surface area contributed by atoms with Crippen LogP contribution in [0.4, 0.5) is 0 Å². The van der Waals surface area contributed by atoms with Crippen LogP contribution in [0.15, 0.2) is 28.0 Å². The van der Waals surface area contributed by atoms with Crippen LogP contribution in [-0.2, 0) is 6.42 Å². The minimum atomic E-state index is 0.116. The van der Waals surface area contributed by atoms with Crippen molar-refractivity contribution in [2.24, 2.45) is 0 Å². The Morgan fingerprint density at radius 2 is 2.44 bits per heavy atom. The molecule has 0 bridgehead atoms. The van der Waals surface area contributed by atoms with Crippen LogP contribution >= 0.6 is 23.1 Å². The summed E-state index contributed by atoms with van der Waals surface area (Å²) in [6, 6.07) is 5.64. The Kier molecular flexibility index (Phi) is 3.29. The summed E-state index contributed by atoms with van der Waals surface area (Å²) >= 11 is 2.88. The van der Waals surface area contributed by atoms with E-state index in [1.165, 1.54) is 23.1 Å². The van der Waals surface area contributed by atoms with Crippen molar-refractivity contribution >= 4 is 28.9 Å². The second-order valence-corrected chi connectivity index (χ2v) is 5.89. The summed E-state index contributed by atoms with van der Waals surface area (Å²) in [5.74, 6) is 1.42. The highest BCUT2D eigenvalue weighted by Gasteiger charge is 2.15. The summed E-state index contributed by atoms with van der Waals surface area (Å²) in [6.45, 7) is 0.715. The average molecular weight is 278 g/mol. The van der Waals surface area contributed by atoms with Gasteiger partial charge in [0.2, 0.25) is 0 Å². The topological polar surface area (TPSA) is 52.1 Å². The molecule has 92 valence electrons. The fourth-order valence-electron chi connectivity index (χ4n) is 1.80. The molecule has 6 heteroatoms. The zero-order valence-electron chi connectivity index (χ0n) is 9.46. The highest BCUT2D eigenvalue weighted by atomic mass is 32.2. The third-order valence-electron chi connectivity index (χ3n) is 2.68. The van der Waals surface area contributed by atoms with Crippen molar-refractivity contribution in [1.29, 1.82) is 0 Å². The first-order valence-corrected chi connectivity index (χ1v) is 7.37. The molecule has 1 aliphatic rings. The Morgan fingerprint density at radius 3 is 3.28 bits per heavy atom. The van der Waals surface area contributed by atoms with Crippen LogP contribution in [0.3, 0.4) is 0 Å². The fraction of sp³-hybridized carbons (Fsp3) is 0.250. The van der Waals surface area contributed by atoms with Gasteiger partial charge >= 0.3 is 0 Å². The van der Waals surface area contributed by atoms with Crippen LogP contribution in [0, 0.1) is 0 Å². The quantitative estimate of drug-likeness (QED) is 0.635. The number of benzene rings is 1. The molecule has 3 rings (SSSR count). The van der Waals surface area contributed by atoms with Gasteiger partial charge in [-0.2, -0.15) is 0 Å². The second kappa shape index (κ2) is 5.07. The van der Waals surface area contributed by atoms with Crippen molar-refractivity contribution < 1.29 is 9.53 Å². The van der Waals surface area contributed by atoms with Gasteiger partial charge in [0.05, 0.1) is 12.4 Å². The molecule has 2 aromatic rings. The molecule has 4 nitrogen and oxygen atoms in total. The molecule has 0 N–H and O–H groups in total. The molecule has 0 saturated heterocycles. The Bertz CT molecular complexity index is 569. The van der Waals surface area contributed by atoms with E-state index in [0.29, 0.717) is 12.4 Å². The summed E-state index contributed by atoms with van der Waals surface area (Å²) in [5.41, 5.74) is 3.54. The number of carbonyl (C=O) groups excluding carboxylic acids is 1. The smallest absolute Gasteiger partial charge is 0.174 e. The number of ether oxygens (including phenoxy) is 1. The number of rotatable bonds is 4. The van der Waals surface area contributed by atoms with Crippen molar-refractivity contribution in [2.45, 2.75) is 10.8 Å². The molecule has 2 heterocycles. The molecule has 0 atom stereocenters. The first kappa shape index (κ1) is 11.7. The number of hydrogen-bond donors (Lipinski definition) is 0. The van der Waals surface area contributed by atoms with E-state index in [-0.39, 0.29) is 5.78 Å². The minimum absolute atomic E-state index is 0.116. The SMILES string of the molecule is O=C(CSc1nncs1)c1ccc2c(c1)CCO2. The summed E-state index contributed by atoms with van der Waals surface area (Å²) < 4.78 is 6.25. The van der Waals surface area contributed by atoms with E-state index in [2.05, 4.69) is 10.2 Å². The zero-order chi connectivity index (χ0) is 12.4. The standard InChI is InChI=1S/C12H10N2O2S2/c15-10(6-17-12-14-13-7-18-12)8-1-2-11-9(5-8)3-4-16-11/h1-2,5,7H,3-4,6H2. The lowest BCUT2D eigenvalue weighted by Gasteiger charge is -2.02. The average Bonchev–Trinajstić information content (AvgIpc) is 3.05. The molecule has 1 aromatic carbocycles. The third kappa shape index (κ3) is 2.39. The maximum absolute atomic E-state index is 12.0.